The van der Waals surface area contributed by atoms with Crippen molar-refractivity contribution in [2.24, 2.45) is 0 Å². The number of anilines is 2. The van der Waals surface area contributed by atoms with Gasteiger partial charge in [-0.15, -0.1) is 0 Å². The average Bonchev–Trinajstić information content (AvgIpc) is 2.67. The summed E-state index contributed by atoms with van der Waals surface area (Å²) >= 11 is 3.56. The van der Waals surface area contributed by atoms with Gasteiger partial charge >= 0.3 is 0 Å². The van der Waals surface area contributed by atoms with Crippen molar-refractivity contribution in [3.05, 3.63) is 58.8 Å². The minimum absolute atomic E-state index is 0.256. The van der Waals surface area contributed by atoms with Crippen LogP contribution in [0.3, 0.4) is 0 Å². The Kier molecular flexibility index (Phi) is 5.04. The number of rotatable bonds is 4. The van der Waals surface area contributed by atoms with Gasteiger partial charge in [-0.2, -0.15) is 0 Å². The Labute approximate surface area is 161 Å². The van der Waals surface area contributed by atoms with Crippen LogP contribution in [0, 0.1) is 0 Å². The van der Waals surface area contributed by atoms with E-state index in [1.54, 1.807) is 0 Å². The number of hydrogen-bond acceptors (Lipinski definition) is 5. The number of hydrogen-bond donors (Lipinski definition) is 1. The zero-order valence-corrected chi connectivity index (χ0v) is 16.2. The van der Waals surface area contributed by atoms with E-state index in [-0.39, 0.29) is 6.10 Å². The molecule has 1 aliphatic heterocycles. The van der Waals surface area contributed by atoms with Crippen molar-refractivity contribution in [1.29, 1.82) is 0 Å². The van der Waals surface area contributed by atoms with Gasteiger partial charge < -0.3 is 15.0 Å². The van der Waals surface area contributed by atoms with E-state index in [2.05, 4.69) is 61.2 Å². The number of halogens is 1. The van der Waals surface area contributed by atoms with Crippen molar-refractivity contribution in [2.75, 3.05) is 29.9 Å². The first-order valence-electron chi connectivity index (χ1n) is 8.79. The fourth-order valence-electron chi connectivity index (χ4n) is 3.23. The summed E-state index contributed by atoms with van der Waals surface area (Å²) in [5.41, 5.74) is 3.19. The van der Waals surface area contributed by atoms with Crippen LogP contribution in [-0.4, -0.2) is 35.8 Å². The molecule has 1 atom stereocenters. The molecule has 1 aliphatic rings. The fraction of sp³-hybridized carbons (Fsp3) is 0.300. The molecule has 1 fully saturated rings. The number of nitrogens with one attached hydrogen (secondary N) is 1. The third-order valence-corrected chi connectivity index (χ3v) is 5.22. The van der Waals surface area contributed by atoms with E-state index in [9.17, 15) is 0 Å². The van der Waals surface area contributed by atoms with Crippen molar-refractivity contribution < 1.29 is 4.74 Å². The largest absolute Gasteiger partial charge is 0.380 e. The summed E-state index contributed by atoms with van der Waals surface area (Å²) in [7, 11) is 0. The normalized spacial score (nSPS) is 17.5. The van der Waals surface area contributed by atoms with Gasteiger partial charge in [0.15, 0.2) is 0 Å². The van der Waals surface area contributed by atoms with E-state index in [1.165, 1.54) is 0 Å². The summed E-state index contributed by atoms with van der Waals surface area (Å²) in [6, 6.07) is 12.3. The number of benzene rings is 1. The first-order chi connectivity index (χ1) is 12.7. The molecule has 2 aromatic heterocycles. The first kappa shape index (κ1) is 17.2. The molecule has 3 aromatic rings. The predicted molar refractivity (Wildman–Crippen MR) is 109 cm³/mol. The van der Waals surface area contributed by atoms with Gasteiger partial charge in [-0.3, -0.25) is 4.98 Å². The highest BCUT2D eigenvalue weighted by atomic mass is 79.9. The smallest absolute Gasteiger partial charge is 0.128 e. The van der Waals surface area contributed by atoms with Crippen LogP contribution in [0.15, 0.2) is 53.3 Å². The number of pyridine rings is 2. The number of para-hydroxylation sites is 1. The zero-order chi connectivity index (χ0) is 17.9. The van der Waals surface area contributed by atoms with E-state index in [1.807, 2.05) is 30.6 Å². The lowest BCUT2D eigenvalue weighted by Gasteiger charge is -2.32. The average molecular weight is 413 g/mol. The molecular weight excluding hydrogens is 392 g/mol. The predicted octanol–water partition coefficient (Wildman–Crippen LogP) is 4.23. The van der Waals surface area contributed by atoms with Crippen molar-refractivity contribution in [2.45, 2.75) is 19.6 Å². The first-order valence-corrected chi connectivity index (χ1v) is 9.58. The quantitative estimate of drug-likeness (QED) is 0.694. The molecule has 5 nitrogen and oxygen atoms in total. The molecule has 0 bridgehead atoms. The van der Waals surface area contributed by atoms with Gasteiger partial charge in [-0.1, -0.05) is 18.2 Å². The topological polar surface area (TPSA) is 50.3 Å². The molecule has 0 amide bonds. The molecule has 0 aliphatic carbocycles. The van der Waals surface area contributed by atoms with Crippen LogP contribution >= 0.6 is 15.9 Å². The van der Waals surface area contributed by atoms with Crippen molar-refractivity contribution in [1.82, 2.24) is 9.97 Å². The van der Waals surface area contributed by atoms with Gasteiger partial charge in [0.1, 0.15) is 5.82 Å². The van der Waals surface area contributed by atoms with Gasteiger partial charge in [0.2, 0.25) is 0 Å². The highest BCUT2D eigenvalue weighted by Gasteiger charge is 2.17. The van der Waals surface area contributed by atoms with Gasteiger partial charge in [-0.05, 0) is 46.6 Å². The van der Waals surface area contributed by atoms with Crippen LogP contribution in [0.25, 0.3) is 10.9 Å². The molecule has 134 valence electrons. The summed E-state index contributed by atoms with van der Waals surface area (Å²) in [5, 5.41) is 4.61. The Morgan fingerprint density at radius 1 is 1.23 bits per heavy atom. The Morgan fingerprint density at radius 3 is 2.96 bits per heavy atom. The molecule has 1 unspecified atom stereocenters. The molecule has 26 heavy (non-hydrogen) atoms. The molecule has 1 N–H and O–H groups in total. The fourth-order valence-corrected chi connectivity index (χ4v) is 3.69. The molecule has 0 saturated carbocycles. The second-order valence-corrected chi connectivity index (χ2v) is 7.35. The summed E-state index contributed by atoms with van der Waals surface area (Å²) in [6.07, 6.45) is 4.03. The molecule has 0 spiro atoms. The van der Waals surface area contributed by atoms with Gasteiger partial charge in [0.25, 0.3) is 0 Å². The summed E-state index contributed by atoms with van der Waals surface area (Å²) in [4.78, 5) is 11.4. The van der Waals surface area contributed by atoms with Crippen LogP contribution in [0.2, 0.25) is 0 Å². The number of fused-ring (bicyclic) bond motifs is 1. The lowest BCUT2D eigenvalue weighted by molar-refractivity contribution is 0.0529. The second kappa shape index (κ2) is 7.60. The van der Waals surface area contributed by atoms with Gasteiger partial charge in [0.05, 0.1) is 18.2 Å². The standard InChI is InChI=1S/C20H21BrN4O/c1-14-13-25(9-10-26-14)19-6-5-15(12-24-19)11-23-18-7-8-22-20-16(18)3-2-4-17(20)21/h2-8,12,14H,9-11,13H2,1H3,(H,22,23). The van der Waals surface area contributed by atoms with E-state index in [4.69, 9.17) is 4.74 Å². The van der Waals surface area contributed by atoms with Crippen LogP contribution in [0.4, 0.5) is 11.5 Å². The molecule has 1 aromatic carbocycles. The third kappa shape index (κ3) is 3.66. The van der Waals surface area contributed by atoms with Crippen LogP contribution in [0.5, 0.6) is 0 Å². The molecule has 0 radical (unpaired) electrons. The van der Waals surface area contributed by atoms with Crippen molar-refractivity contribution in [3.63, 3.8) is 0 Å². The molecular formula is C20H21BrN4O. The zero-order valence-electron chi connectivity index (χ0n) is 14.7. The SMILES string of the molecule is CC1CN(c2ccc(CNc3ccnc4c(Br)cccc34)cn2)CCO1. The molecule has 4 rings (SSSR count). The number of morpholine rings is 1. The number of nitrogens with zero attached hydrogens (tertiary/aromatic N) is 3. The number of aromatic nitrogens is 2. The van der Waals surface area contributed by atoms with E-state index >= 15 is 0 Å². The molecule has 1 saturated heterocycles. The van der Waals surface area contributed by atoms with Crippen LogP contribution in [-0.2, 0) is 11.3 Å². The van der Waals surface area contributed by atoms with E-state index < -0.39 is 0 Å². The van der Waals surface area contributed by atoms with Crippen LogP contribution in [0.1, 0.15) is 12.5 Å². The Morgan fingerprint density at radius 2 is 2.15 bits per heavy atom. The Bertz CT molecular complexity index is 900. The minimum Gasteiger partial charge on any atom is -0.380 e. The maximum Gasteiger partial charge on any atom is 0.128 e. The monoisotopic (exact) mass is 412 g/mol. The molecule has 6 heteroatoms. The summed E-state index contributed by atoms with van der Waals surface area (Å²) in [6.45, 7) is 5.37. The maximum absolute atomic E-state index is 5.60. The lowest BCUT2D eigenvalue weighted by Crippen LogP contribution is -2.41. The summed E-state index contributed by atoms with van der Waals surface area (Å²) < 4.78 is 6.60. The van der Waals surface area contributed by atoms with Gasteiger partial charge in [0, 0.05) is 47.6 Å². The second-order valence-electron chi connectivity index (χ2n) is 6.50. The van der Waals surface area contributed by atoms with Crippen molar-refractivity contribution >= 4 is 38.3 Å². The van der Waals surface area contributed by atoms with E-state index in [0.717, 1.165) is 58.7 Å². The Balaban J connectivity index is 1.46. The van der Waals surface area contributed by atoms with E-state index in [0.29, 0.717) is 0 Å². The summed E-state index contributed by atoms with van der Waals surface area (Å²) in [5.74, 6) is 1.02. The molecule has 3 heterocycles. The third-order valence-electron chi connectivity index (χ3n) is 4.58. The Hall–Kier alpha value is -2.18. The van der Waals surface area contributed by atoms with Crippen LogP contribution < -0.4 is 10.2 Å². The van der Waals surface area contributed by atoms with Crippen molar-refractivity contribution in [3.8, 4) is 0 Å². The maximum atomic E-state index is 5.60. The number of ether oxygens (including phenoxy) is 1. The minimum atomic E-state index is 0.256. The highest BCUT2D eigenvalue weighted by Crippen LogP contribution is 2.27. The van der Waals surface area contributed by atoms with Gasteiger partial charge in [-0.25, -0.2) is 4.98 Å². The lowest BCUT2D eigenvalue weighted by atomic mass is 10.2. The highest BCUT2D eigenvalue weighted by molar-refractivity contribution is 9.10.